The first kappa shape index (κ1) is 18.0. The zero-order valence-corrected chi connectivity index (χ0v) is 14.1. The van der Waals surface area contributed by atoms with Gasteiger partial charge >= 0.3 is 0 Å². The molecule has 3 N–H and O–H groups in total. The molecule has 1 unspecified atom stereocenters. The van der Waals surface area contributed by atoms with E-state index in [-0.39, 0.29) is 24.8 Å². The number of carbonyl (C=O) groups excluding carboxylic acids is 3. The Hall–Kier alpha value is -2.37. The number of hydrogen-bond donors (Lipinski definition) is 2. The minimum absolute atomic E-state index is 0.0729. The van der Waals surface area contributed by atoms with Crippen LogP contribution in [0.2, 0.25) is 0 Å². The number of amides is 3. The van der Waals surface area contributed by atoms with Crippen molar-refractivity contribution >= 4 is 17.7 Å². The summed E-state index contributed by atoms with van der Waals surface area (Å²) < 4.78 is 0. The Morgan fingerprint density at radius 3 is 2.58 bits per heavy atom. The van der Waals surface area contributed by atoms with Crippen LogP contribution in [0.1, 0.15) is 36.8 Å². The number of carbonyl (C=O) groups is 3. The van der Waals surface area contributed by atoms with Gasteiger partial charge in [-0.1, -0.05) is 29.8 Å². The minimum atomic E-state index is -0.491. The summed E-state index contributed by atoms with van der Waals surface area (Å²) in [6.07, 6.45) is 2.69. The fourth-order valence-corrected chi connectivity index (χ4v) is 2.91. The third-order valence-corrected chi connectivity index (χ3v) is 4.32. The number of primary amides is 1. The molecule has 0 aromatic heterocycles. The Morgan fingerprint density at radius 2 is 1.92 bits per heavy atom. The number of likely N-dealkylation sites (tertiary alicyclic amines) is 1. The van der Waals surface area contributed by atoms with Crippen LogP contribution in [0.15, 0.2) is 24.3 Å². The quantitative estimate of drug-likeness (QED) is 0.778. The van der Waals surface area contributed by atoms with Crippen LogP contribution >= 0.6 is 0 Å². The molecule has 130 valence electrons. The first-order valence-corrected chi connectivity index (χ1v) is 8.38. The number of nitrogens with zero attached hydrogens (tertiary/aromatic N) is 1. The molecule has 1 saturated heterocycles. The highest BCUT2D eigenvalue weighted by Gasteiger charge is 2.32. The first-order chi connectivity index (χ1) is 11.5. The van der Waals surface area contributed by atoms with Crippen LogP contribution in [0.25, 0.3) is 0 Å². The summed E-state index contributed by atoms with van der Waals surface area (Å²) in [5.74, 6) is -0.658. The summed E-state index contributed by atoms with van der Waals surface area (Å²) in [5, 5.41) is 2.76. The molecule has 3 amide bonds. The molecule has 1 aliphatic rings. The highest BCUT2D eigenvalue weighted by molar-refractivity contribution is 5.87. The van der Waals surface area contributed by atoms with Crippen molar-refractivity contribution in [2.45, 2.75) is 45.1 Å². The van der Waals surface area contributed by atoms with Crippen molar-refractivity contribution in [1.29, 1.82) is 0 Å². The third-order valence-electron chi connectivity index (χ3n) is 4.32. The molecule has 1 heterocycles. The summed E-state index contributed by atoms with van der Waals surface area (Å²) in [7, 11) is 0. The molecule has 2 rings (SSSR count). The summed E-state index contributed by atoms with van der Waals surface area (Å²) >= 11 is 0. The largest absolute Gasteiger partial charge is 0.368 e. The maximum absolute atomic E-state index is 12.1. The monoisotopic (exact) mass is 331 g/mol. The van der Waals surface area contributed by atoms with Gasteiger partial charge in [0, 0.05) is 25.9 Å². The van der Waals surface area contributed by atoms with E-state index in [1.807, 2.05) is 31.2 Å². The Labute approximate surface area is 142 Å². The lowest BCUT2D eigenvalue weighted by atomic mass is 10.1. The van der Waals surface area contributed by atoms with Gasteiger partial charge in [-0.15, -0.1) is 0 Å². The van der Waals surface area contributed by atoms with Crippen LogP contribution in [0, 0.1) is 6.92 Å². The molecular weight excluding hydrogens is 306 g/mol. The van der Waals surface area contributed by atoms with Crippen LogP contribution in [0.4, 0.5) is 0 Å². The van der Waals surface area contributed by atoms with Crippen molar-refractivity contribution < 1.29 is 14.4 Å². The molecule has 6 nitrogen and oxygen atoms in total. The van der Waals surface area contributed by atoms with Gasteiger partial charge in [0.05, 0.1) is 0 Å². The summed E-state index contributed by atoms with van der Waals surface area (Å²) in [4.78, 5) is 36.8. The second-order valence-electron chi connectivity index (χ2n) is 6.23. The number of nitrogens with two attached hydrogens (primary N) is 1. The van der Waals surface area contributed by atoms with Crippen molar-refractivity contribution in [3.05, 3.63) is 35.4 Å². The minimum Gasteiger partial charge on any atom is -0.368 e. The number of aryl methyl sites for hydroxylation is 2. The van der Waals surface area contributed by atoms with Crippen molar-refractivity contribution in [2.24, 2.45) is 5.73 Å². The van der Waals surface area contributed by atoms with E-state index in [1.54, 1.807) is 0 Å². The molecule has 0 aliphatic carbocycles. The molecule has 0 saturated carbocycles. The van der Waals surface area contributed by atoms with Gasteiger partial charge in [-0.2, -0.15) is 0 Å². The highest BCUT2D eigenvalue weighted by Crippen LogP contribution is 2.17. The summed E-state index contributed by atoms with van der Waals surface area (Å²) in [6, 6.07) is 7.59. The normalized spacial score (nSPS) is 16.9. The van der Waals surface area contributed by atoms with Gasteiger partial charge in [0.25, 0.3) is 0 Å². The van der Waals surface area contributed by atoms with Crippen molar-refractivity contribution in [1.82, 2.24) is 10.2 Å². The molecule has 1 aromatic rings. The van der Waals surface area contributed by atoms with Gasteiger partial charge in [0.1, 0.15) is 6.04 Å². The molecular formula is C18H25N3O3. The first-order valence-electron chi connectivity index (χ1n) is 8.38. The van der Waals surface area contributed by atoms with Gasteiger partial charge in [0.2, 0.25) is 17.7 Å². The molecule has 6 heteroatoms. The Balaban J connectivity index is 1.67. The van der Waals surface area contributed by atoms with Crippen LogP contribution in [0.5, 0.6) is 0 Å². The van der Waals surface area contributed by atoms with E-state index in [9.17, 15) is 14.4 Å². The SMILES string of the molecule is Cc1ccc(CCC(=O)NCCC(=O)N2CCCC2C(N)=O)cc1. The van der Waals surface area contributed by atoms with Crippen LogP contribution in [-0.4, -0.2) is 41.8 Å². The fourth-order valence-electron chi connectivity index (χ4n) is 2.91. The lowest BCUT2D eigenvalue weighted by Gasteiger charge is -2.22. The summed E-state index contributed by atoms with van der Waals surface area (Å²) in [6.45, 7) is 2.87. The number of hydrogen-bond acceptors (Lipinski definition) is 3. The molecule has 0 bridgehead atoms. The van der Waals surface area contributed by atoms with Gasteiger partial charge in [-0.05, 0) is 31.7 Å². The summed E-state index contributed by atoms with van der Waals surface area (Å²) in [5.41, 5.74) is 7.62. The zero-order chi connectivity index (χ0) is 17.5. The lowest BCUT2D eigenvalue weighted by Crippen LogP contribution is -2.44. The number of rotatable bonds is 7. The zero-order valence-electron chi connectivity index (χ0n) is 14.1. The van der Waals surface area contributed by atoms with E-state index in [1.165, 1.54) is 10.5 Å². The molecule has 1 aliphatic heterocycles. The van der Waals surface area contributed by atoms with Gasteiger partial charge in [-0.25, -0.2) is 0 Å². The molecule has 1 aromatic carbocycles. The second-order valence-corrected chi connectivity index (χ2v) is 6.23. The van der Waals surface area contributed by atoms with E-state index < -0.39 is 11.9 Å². The standard InChI is InChI=1S/C18H25N3O3/c1-13-4-6-14(7-5-13)8-9-16(22)20-11-10-17(23)21-12-2-3-15(21)18(19)24/h4-7,15H,2-3,8-12H2,1H3,(H2,19,24)(H,20,22). The van der Waals surface area contributed by atoms with E-state index in [4.69, 9.17) is 5.73 Å². The molecule has 1 fully saturated rings. The topological polar surface area (TPSA) is 92.5 Å². The maximum Gasteiger partial charge on any atom is 0.240 e. The smallest absolute Gasteiger partial charge is 0.240 e. The predicted molar refractivity (Wildman–Crippen MR) is 91.1 cm³/mol. The van der Waals surface area contributed by atoms with Gasteiger partial charge in [-0.3, -0.25) is 14.4 Å². The Kier molecular flexibility index (Phi) is 6.35. The van der Waals surface area contributed by atoms with Crippen molar-refractivity contribution in [3.63, 3.8) is 0 Å². The molecule has 24 heavy (non-hydrogen) atoms. The van der Waals surface area contributed by atoms with E-state index in [0.29, 0.717) is 25.8 Å². The van der Waals surface area contributed by atoms with Crippen LogP contribution < -0.4 is 11.1 Å². The third kappa shape index (κ3) is 5.08. The average Bonchev–Trinajstić information content (AvgIpc) is 3.04. The Morgan fingerprint density at radius 1 is 1.21 bits per heavy atom. The Bertz CT molecular complexity index is 598. The molecule has 0 radical (unpaired) electrons. The van der Waals surface area contributed by atoms with E-state index >= 15 is 0 Å². The van der Waals surface area contributed by atoms with Gasteiger partial charge in [0.15, 0.2) is 0 Å². The lowest BCUT2D eigenvalue weighted by molar-refractivity contribution is -0.137. The fraction of sp³-hybridized carbons (Fsp3) is 0.500. The van der Waals surface area contributed by atoms with E-state index in [2.05, 4.69) is 5.32 Å². The van der Waals surface area contributed by atoms with Crippen LogP contribution in [0.3, 0.4) is 0 Å². The molecule has 1 atom stereocenters. The number of benzene rings is 1. The van der Waals surface area contributed by atoms with Gasteiger partial charge < -0.3 is 16.0 Å². The van der Waals surface area contributed by atoms with Crippen LogP contribution in [-0.2, 0) is 20.8 Å². The van der Waals surface area contributed by atoms with Crippen molar-refractivity contribution in [3.8, 4) is 0 Å². The maximum atomic E-state index is 12.1. The average molecular weight is 331 g/mol. The highest BCUT2D eigenvalue weighted by atomic mass is 16.2. The van der Waals surface area contributed by atoms with Crippen molar-refractivity contribution in [2.75, 3.05) is 13.1 Å². The predicted octanol–water partition coefficient (Wildman–Crippen LogP) is 0.910. The molecule has 0 spiro atoms. The number of nitrogens with one attached hydrogen (secondary N) is 1. The van der Waals surface area contributed by atoms with E-state index in [0.717, 1.165) is 12.0 Å². The second kappa shape index (κ2) is 8.47.